The zero-order chi connectivity index (χ0) is 38.3. The van der Waals surface area contributed by atoms with E-state index in [-0.39, 0.29) is 11.9 Å². The number of anilines is 2. The molecule has 2 fully saturated rings. The Balaban J connectivity index is 1.11. The summed E-state index contributed by atoms with van der Waals surface area (Å²) in [7, 11) is 3.50. The number of aromatic nitrogens is 7. The van der Waals surface area contributed by atoms with Gasteiger partial charge in [0, 0.05) is 75.1 Å². The number of nitrogens with zero attached hydrogens (tertiary/aromatic N) is 10. The van der Waals surface area contributed by atoms with Gasteiger partial charge in [0.05, 0.1) is 43.1 Å². The highest BCUT2D eigenvalue weighted by molar-refractivity contribution is 5.96. The van der Waals surface area contributed by atoms with Crippen molar-refractivity contribution in [3.05, 3.63) is 78.1 Å². The maximum Gasteiger partial charge on any atom is 0.245 e. The number of halogens is 1. The number of aryl methyl sites for hydroxylation is 3. The molecule has 2 saturated heterocycles. The molecule has 2 atom stereocenters. The number of methoxy groups -OCH3 is 1. The molecule has 0 radical (unpaired) electrons. The fourth-order valence-electron chi connectivity index (χ4n) is 8.66. The highest BCUT2D eigenvalue weighted by atomic mass is 19.1. The Morgan fingerprint density at radius 2 is 1.93 bits per heavy atom. The van der Waals surface area contributed by atoms with Crippen LogP contribution in [0.3, 0.4) is 0 Å². The van der Waals surface area contributed by atoms with E-state index >= 15 is 4.79 Å². The summed E-state index contributed by atoms with van der Waals surface area (Å²) in [6, 6.07) is 14.1. The molecular formula is C41H46FN11O3. The van der Waals surface area contributed by atoms with Crippen molar-refractivity contribution in [2.45, 2.75) is 44.7 Å². The van der Waals surface area contributed by atoms with E-state index in [1.54, 1.807) is 16.9 Å². The summed E-state index contributed by atoms with van der Waals surface area (Å²) in [6.07, 6.45) is 6.15. The number of fused-ring (bicyclic) bond motifs is 6. The number of morpholine rings is 1. The quantitative estimate of drug-likeness (QED) is 0.242. The number of amides is 1. The van der Waals surface area contributed by atoms with Crippen molar-refractivity contribution in [3.63, 3.8) is 0 Å². The van der Waals surface area contributed by atoms with E-state index in [1.807, 2.05) is 17.8 Å². The number of pyridine rings is 1. The molecule has 0 aliphatic carbocycles. The smallest absolute Gasteiger partial charge is 0.245 e. The lowest BCUT2D eigenvalue weighted by molar-refractivity contribution is -0.132. The van der Waals surface area contributed by atoms with Gasteiger partial charge < -0.3 is 24.6 Å². The van der Waals surface area contributed by atoms with Gasteiger partial charge >= 0.3 is 0 Å². The number of ether oxygens (including phenoxy) is 2. The topological polar surface area (TPSA) is 132 Å². The third-order valence-electron chi connectivity index (χ3n) is 11.3. The zero-order valence-corrected chi connectivity index (χ0v) is 32.0. The van der Waals surface area contributed by atoms with E-state index in [0.29, 0.717) is 54.3 Å². The van der Waals surface area contributed by atoms with Crippen molar-refractivity contribution >= 4 is 39.5 Å². The molecule has 4 bridgehead atoms. The summed E-state index contributed by atoms with van der Waals surface area (Å²) >= 11 is 0. The Morgan fingerprint density at radius 1 is 1.05 bits per heavy atom. The summed E-state index contributed by atoms with van der Waals surface area (Å²) in [5, 5.41) is 15.1. The third-order valence-corrected chi connectivity index (χ3v) is 11.3. The molecule has 0 saturated carbocycles. The van der Waals surface area contributed by atoms with E-state index in [1.165, 1.54) is 25.6 Å². The van der Waals surface area contributed by atoms with Crippen LogP contribution < -0.4 is 15.0 Å². The number of carbonyl (C=O) groups excluding carboxylic acids is 1. The molecule has 2 aromatic carbocycles. The lowest BCUT2D eigenvalue weighted by atomic mass is 10.0. The van der Waals surface area contributed by atoms with Gasteiger partial charge in [-0.05, 0) is 68.5 Å². The van der Waals surface area contributed by atoms with E-state index in [9.17, 15) is 4.39 Å². The number of nitrogens with one attached hydrogen (secondary N) is 1. The highest BCUT2D eigenvalue weighted by Crippen LogP contribution is 2.36. The van der Waals surface area contributed by atoms with Crippen LogP contribution in [0.4, 0.5) is 16.0 Å². The molecule has 1 N–H and O–H groups in total. The second kappa shape index (κ2) is 15.1. The van der Waals surface area contributed by atoms with Gasteiger partial charge in [0.15, 0.2) is 5.65 Å². The SMILES string of the molecule is COc1cc(F)ccc1-n1ncc2c(N3C[C@@H]4C[C@H]3C(=O)N(CCCN3CCOCC3)CCCc3c5c(cccc5nn3C)-c3cc(C)cc(n3)N4)ncnc21. The minimum absolute atomic E-state index is 0.0685. The van der Waals surface area contributed by atoms with Gasteiger partial charge in [-0.25, -0.2) is 24.0 Å². The second-order valence-electron chi connectivity index (χ2n) is 15.0. The first-order valence-electron chi connectivity index (χ1n) is 19.4. The Hall–Kier alpha value is -5.67. The van der Waals surface area contributed by atoms with Gasteiger partial charge in [0.1, 0.15) is 41.3 Å². The normalized spacial score (nSPS) is 19.3. The number of hydrogen-bond donors (Lipinski definition) is 1. The van der Waals surface area contributed by atoms with Crippen LogP contribution in [-0.2, 0) is 23.0 Å². The van der Waals surface area contributed by atoms with Crippen molar-refractivity contribution in [1.29, 1.82) is 0 Å². The Kier molecular flexibility index (Phi) is 9.71. The molecule has 4 aromatic heterocycles. The number of carbonyl (C=O) groups is 1. The molecule has 3 aliphatic rings. The Labute approximate surface area is 324 Å². The van der Waals surface area contributed by atoms with Crippen molar-refractivity contribution in [1.82, 2.24) is 44.3 Å². The summed E-state index contributed by atoms with van der Waals surface area (Å²) in [6.45, 7) is 8.02. The number of rotatable bonds is 7. The molecule has 3 aliphatic heterocycles. The molecule has 6 aromatic rings. The molecule has 9 rings (SSSR count). The van der Waals surface area contributed by atoms with Crippen LogP contribution in [0, 0.1) is 12.7 Å². The summed E-state index contributed by atoms with van der Waals surface area (Å²) in [5.41, 5.74) is 6.16. The van der Waals surface area contributed by atoms with Crippen molar-refractivity contribution in [2.24, 2.45) is 7.05 Å². The maximum atomic E-state index is 15.1. The summed E-state index contributed by atoms with van der Waals surface area (Å²) in [4.78, 5) is 36.3. The molecule has 15 heteroatoms. The van der Waals surface area contributed by atoms with Gasteiger partial charge in [-0.1, -0.05) is 12.1 Å². The standard InChI is InChI=1S/C41H46FN11O3/c1-26-19-32-29-7-4-8-31-38(29)34(49(2)48-31)9-5-13-51(14-6-12-50-15-17-56-18-16-50)41(54)35-22-28(46-37(20-26)47-32)24-52(35)39-30-23-45-53(40(30)44-25-43-39)33-11-10-27(42)21-36(33)55-3/h4,7-8,10-11,19-21,23,25,28,35H,5-6,9,12-18,22,24H2,1-3H3,(H,46,47)/t28-,35-/m0/s1. The summed E-state index contributed by atoms with van der Waals surface area (Å²) < 4.78 is 28.9. The highest BCUT2D eigenvalue weighted by Gasteiger charge is 2.41. The van der Waals surface area contributed by atoms with Gasteiger partial charge in [0.25, 0.3) is 0 Å². The van der Waals surface area contributed by atoms with Gasteiger partial charge in [-0.3, -0.25) is 14.4 Å². The van der Waals surface area contributed by atoms with E-state index in [0.717, 1.165) is 91.3 Å². The van der Waals surface area contributed by atoms with Crippen LogP contribution in [0.1, 0.15) is 30.5 Å². The molecule has 56 heavy (non-hydrogen) atoms. The fourth-order valence-corrected chi connectivity index (χ4v) is 8.66. The molecule has 14 nitrogen and oxygen atoms in total. The lowest BCUT2D eigenvalue weighted by Crippen LogP contribution is -2.47. The maximum absolute atomic E-state index is 15.1. The van der Waals surface area contributed by atoms with Crippen molar-refractivity contribution in [2.75, 3.05) is 69.8 Å². The van der Waals surface area contributed by atoms with Crippen LogP contribution in [0.5, 0.6) is 5.75 Å². The zero-order valence-electron chi connectivity index (χ0n) is 32.0. The summed E-state index contributed by atoms with van der Waals surface area (Å²) in [5.74, 6) is 1.35. The van der Waals surface area contributed by atoms with Crippen LogP contribution >= 0.6 is 0 Å². The van der Waals surface area contributed by atoms with Crippen molar-refractivity contribution in [3.8, 4) is 22.7 Å². The Morgan fingerprint density at radius 3 is 2.79 bits per heavy atom. The first-order chi connectivity index (χ1) is 27.3. The van der Waals surface area contributed by atoms with Gasteiger partial charge in [0.2, 0.25) is 5.91 Å². The largest absolute Gasteiger partial charge is 0.494 e. The van der Waals surface area contributed by atoms with Crippen LogP contribution in [-0.4, -0.2) is 122 Å². The number of hydrogen-bond acceptors (Lipinski definition) is 11. The second-order valence-corrected chi connectivity index (χ2v) is 15.0. The first-order valence-corrected chi connectivity index (χ1v) is 19.4. The van der Waals surface area contributed by atoms with Gasteiger partial charge in [-0.15, -0.1) is 0 Å². The fraction of sp³-hybridized carbons (Fsp3) is 0.415. The van der Waals surface area contributed by atoms with Crippen molar-refractivity contribution < 1.29 is 18.7 Å². The monoisotopic (exact) mass is 759 g/mol. The first kappa shape index (κ1) is 36.0. The minimum atomic E-state index is -0.507. The van der Waals surface area contributed by atoms with Crippen LogP contribution in [0.15, 0.2) is 61.1 Å². The molecule has 7 heterocycles. The molecule has 0 unspecified atom stereocenters. The third kappa shape index (κ3) is 6.78. The van der Waals surface area contributed by atoms with E-state index < -0.39 is 11.9 Å². The molecule has 1 amide bonds. The minimum Gasteiger partial charge on any atom is -0.494 e. The van der Waals surface area contributed by atoms with Gasteiger partial charge in [-0.2, -0.15) is 10.2 Å². The van der Waals surface area contributed by atoms with Crippen LogP contribution in [0.25, 0.3) is 38.9 Å². The average molecular weight is 760 g/mol. The van der Waals surface area contributed by atoms with E-state index in [4.69, 9.17) is 24.5 Å². The molecule has 0 spiro atoms. The Bertz CT molecular complexity index is 2410. The van der Waals surface area contributed by atoms with E-state index in [2.05, 4.69) is 61.3 Å². The average Bonchev–Trinajstić information content (AvgIpc) is 3.92. The predicted molar refractivity (Wildman–Crippen MR) is 212 cm³/mol. The number of benzene rings is 2. The molecular weight excluding hydrogens is 714 g/mol. The predicted octanol–water partition coefficient (Wildman–Crippen LogP) is 4.78. The molecule has 290 valence electrons. The van der Waals surface area contributed by atoms with Crippen LogP contribution in [0.2, 0.25) is 0 Å². The lowest BCUT2D eigenvalue weighted by Gasteiger charge is -2.32.